The second-order valence-corrected chi connectivity index (χ2v) is 9.45. The van der Waals surface area contributed by atoms with Crippen molar-refractivity contribution in [1.82, 2.24) is 9.97 Å². The summed E-state index contributed by atoms with van der Waals surface area (Å²) in [7, 11) is 0. The molecule has 1 aliphatic heterocycles. The van der Waals surface area contributed by atoms with Crippen LogP contribution in [0.25, 0.3) is 17.1 Å². The third-order valence-corrected chi connectivity index (χ3v) is 6.75. The van der Waals surface area contributed by atoms with Crippen LogP contribution < -0.4 is 0 Å². The van der Waals surface area contributed by atoms with Gasteiger partial charge in [0.15, 0.2) is 16.0 Å². The number of thioether (sulfide) groups is 1. The summed E-state index contributed by atoms with van der Waals surface area (Å²) in [4.78, 5) is 32.5. The maximum Gasteiger partial charge on any atom is 0.204 e. The van der Waals surface area contributed by atoms with Crippen molar-refractivity contribution in [2.75, 3.05) is 0 Å². The highest BCUT2D eigenvalue weighted by Gasteiger charge is 2.40. The number of ketones is 1. The largest absolute Gasteiger partial charge is 0.450 e. The number of imidazole rings is 1. The van der Waals surface area contributed by atoms with Gasteiger partial charge in [-0.3, -0.25) is 9.59 Å². The Morgan fingerprint density at radius 1 is 1.25 bits per heavy atom. The normalized spacial score (nSPS) is 18.9. The van der Waals surface area contributed by atoms with Crippen LogP contribution in [0.1, 0.15) is 19.6 Å². The zero-order valence-corrected chi connectivity index (χ0v) is 17.9. The third-order valence-electron chi connectivity index (χ3n) is 4.23. The number of benzene rings is 1. The molecule has 1 saturated heterocycles. The van der Waals surface area contributed by atoms with Gasteiger partial charge in [0.25, 0.3) is 0 Å². The van der Waals surface area contributed by atoms with Crippen molar-refractivity contribution in [3.63, 3.8) is 0 Å². The number of allylic oxidation sites excluding steroid dienone is 1. The molecule has 0 saturated carbocycles. The number of Topliss-reactive ketones (excluding diaryl/α,β-unsaturated/α-hetero) is 1. The summed E-state index contributed by atoms with van der Waals surface area (Å²) in [6, 6.07) is 6.96. The van der Waals surface area contributed by atoms with Crippen LogP contribution in [0.3, 0.4) is 0 Å². The zero-order valence-electron chi connectivity index (χ0n) is 14.8. The molecular formula is C19H14Cl2N2O3S2. The van der Waals surface area contributed by atoms with E-state index in [4.69, 9.17) is 27.6 Å². The first kappa shape index (κ1) is 19.6. The number of hydrogen-bond acceptors (Lipinski definition) is 6. The maximum atomic E-state index is 12.4. The second kappa shape index (κ2) is 7.63. The van der Waals surface area contributed by atoms with Crippen LogP contribution in [0.15, 0.2) is 43.8 Å². The van der Waals surface area contributed by atoms with Gasteiger partial charge in [-0.2, -0.15) is 0 Å². The minimum absolute atomic E-state index is 0.0174. The fourth-order valence-corrected chi connectivity index (χ4v) is 5.10. The molecule has 1 atom stereocenters. The van der Waals surface area contributed by atoms with E-state index in [0.717, 1.165) is 17.3 Å². The first-order valence-electron chi connectivity index (χ1n) is 8.42. The lowest BCUT2D eigenvalue weighted by atomic mass is 9.93. The number of carbonyl (C=O) groups excluding carboxylic acids is 2. The summed E-state index contributed by atoms with van der Waals surface area (Å²) in [5.74, 6) is -0.218. The molecule has 0 spiro atoms. The van der Waals surface area contributed by atoms with Gasteiger partial charge in [0.1, 0.15) is 5.76 Å². The molecule has 28 heavy (non-hydrogen) atoms. The zero-order chi connectivity index (χ0) is 20.0. The smallest absolute Gasteiger partial charge is 0.204 e. The number of aromatic nitrogens is 2. The molecule has 3 aromatic rings. The number of carbonyl (C=O) groups is 2. The van der Waals surface area contributed by atoms with Gasteiger partial charge in [0, 0.05) is 0 Å². The number of fused-ring (bicyclic) bond motifs is 1. The van der Waals surface area contributed by atoms with E-state index < -0.39 is 5.92 Å². The monoisotopic (exact) mass is 452 g/mol. The summed E-state index contributed by atoms with van der Waals surface area (Å²) in [5.41, 5.74) is 1.48. The Labute approximate surface area is 179 Å². The third kappa shape index (κ3) is 3.76. The van der Waals surface area contributed by atoms with E-state index in [1.54, 1.807) is 30.3 Å². The fourth-order valence-electron chi connectivity index (χ4n) is 2.88. The van der Waals surface area contributed by atoms with Gasteiger partial charge in [-0.15, -0.1) is 0 Å². The van der Waals surface area contributed by atoms with Crippen molar-refractivity contribution < 1.29 is 14.0 Å². The Hall–Kier alpha value is -1.67. The number of hydrogen-bond donors (Lipinski definition) is 1. The number of H-pyrrole nitrogens is 1. The predicted octanol–water partition coefficient (Wildman–Crippen LogP) is 6.07. The molecular weight excluding hydrogens is 439 g/mol. The van der Waals surface area contributed by atoms with Gasteiger partial charge >= 0.3 is 0 Å². The van der Waals surface area contributed by atoms with Gasteiger partial charge in [0.2, 0.25) is 5.12 Å². The Morgan fingerprint density at radius 2 is 2.00 bits per heavy atom. The summed E-state index contributed by atoms with van der Waals surface area (Å²) < 4.78 is 5.77. The second-order valence-electron chi connectivity index (χ2n) is 6.60. The van der Waals surface area contributed by atoms with Gasteiger partial charge in [0.05, 0.1) is 31.9 Å². The van der Waals surface area contributed by atoms with Crippen molar-refractivity contribution in [3.8, 4) is 0 Å². The maximum absolute atomic E-state index is 12.4. The lowest BCUT2D eigenvalue weighted by Gasteiger charge is -2.07. The molecule has 9 heteroatoms. The minimum atomic E-state index is -0.575. The highest BCUT2D eigenvalue weighted by molar-refractivity contribution is 8.18. The number of halogens is 2. The SMILES string of the molecule is CC(C)C1C(=O)S/C(=C\c2ccc(Sc3nc4cc(Cl)c(Cl)cc4[nH]3)o2)C1=O. The summed E-state index contributed by atoms with van der Waals surface area (Å²) >= 11 is 14.3. The number of furan rings is 1. The Balaban J connectivity index is 1.54. The van der Waals surface area contributed by atoms with Crippen molar-refractivity contribution in [2.45, 2.75) is 24.1 Å². The highest BCUT2D eigenvalue weighted by Crippen LogP contribution is 2.39. The Kier molecular flexibility index (Phi) is 5.35. The van der Waals surface area contributed by atoms with E-state index in [0.29, 0.717) is 36.5 Å². The molecule has 5 nitrogen and oxygen atoms in total. The van der Waals surface area contributed by atoms with Crippen LogP contribution in [0.5, 0.6) is 0 Å². The number of rotatable bonds is 4. The summed E-state index contributed by atoms with van der Waals surface area (Å²) in [6.45, 7) is 3.75. The van der Waals surface area contributed by atoms with Crippen molar-refractivity contribution in [3.05, 3.63) is 45.0 Å². The lowest BCUT2D eigenvalue weighted by Crippen LogP contribution is -2.20. The van der Waals surface area contributed by atoms with Gasteiger partial charge in [-0.25, -0.2) is 4.98 Å². The number of aromatic amines is 1. The molecule has 0 bridgehead atoms. The van der Waals surface area contributed by atoms with Crippen molar-refractivity contribution >= 4 is 74.7 Å². The van der Waals surface area contributed by atoms with E-state index in [-0.39, 0.29) is 16.8 Å². The standard InChI is InChI=1S/C19H14Cl2N2O3S2/c1-8(2)16-17(24)14(27-18(16)25)5-9-3-4-15(26-9)28-19-22-12-6-10(20)11(21)7-13(12)23-19/h3-8,16H,1-2H3,(H,22,23)/b14-5-. The van der Waals surface area contributed by atoms with E-state index >= 15 is 0 Å². The van der Waals surface area contributed by atoms with Gasteiger partial charge < -0.3 is 9.40 Å². The molecule has 4 rings (SSSR count). The lowest BCUT2D eigenvalue weighted by molar-refractivity contribution is -0.125. The van der Waals surface area contributed by atoms with Crippen LogP contribution >= 0.6 is 46.7 Å². The molecule has 1 aliphatic rings. The van der Waals surface area contributed by atoms with Gasteiger partial charge in [-0.1, -0.05) is 37.0 Å². The van der Waals surface area contributed by atoms with E-state index in [1.807, 2.05) is 13.8 Å². The average molecular weight is 453 g/mol. The summed E-state index contributed by atoms with van der Waals surface area (Å²) in [5, 5.41) is 2.02. The topological polar surface area (TPSA) is 76.0 Å². The molecule has 1 aromatic carbocycles. The molecule has 1 N–H and O–H groups in total. The quantitative estimate of drug-likeness (QED) is 0.382. The molecule has 1 fully saturated rings. The Bertz CT molecular complexity index is 1090. The highest BCUT2D eigenvalue weighted by atomic mass is 35.5. The molecule has 0 radical (unpaired) electrons. The van der Waals surface area contributed by atoms with Crippen LogP contribution in [0, 0.1) is 11.8 Å². The fraction of sp³-hybridized carbons (Fsp3) is 0.211. The van der Waals surface area contributed by atoms with Crippen LogP contribution in [0.2, 0.25) is 10.0 Å². The number of nitrogens with zero attached hydrogens (tertiary/aromatic N) is 1. The average Bonchev–Trinajstić information content (AvgIpc) is 3.27. The van der Waals surface area contributed by atoms with Gasteiger partial charge in [-0.05, 0) is 59.8 Å². The Morgan fingerprint density at radius 3 is 2.71 bits per heavy atom. The van der Waals surface area contributed by atoms with Crippen LogP contribution in [-0.4, -0.2) is 20.9 Å². The van der Waals surface area contributed by atoms with Crippen molar-refractivity contribution in [1.29, 1.82) is 0 Å². The first-order chi connectivity index (χ1) is 13.3. The molecule has 1 unspecified atom stereocenters. The van der Waals surface area contributed by atoms with Crippen LogP contribution in [0.4, 0.5) is 0 Å². The summed E-state index contributed by atoms with van der Waals surface area (Å²) in [6.07, 6.45) is 1.62. The molecule has 0 aliphatic carbocycles. The molecule has 0 amide bonds. The molecule has 2 aromatic heterocycles. The van der Waals surface area contributed by atoms with Crippen molar-refractivity contribution in [2.24, 2.45) is 11.8 Å². The first-order valence-corrected chi connectivity index (χ1v) is 10.8. The predicted molar refractivity (Wildman–Crippen MR) is 113 cm³/mol. The van der Waals surface area contributed by atoms with E-state index in [2.05, 4.69) is 9.97 Å². The molecule has 144 valence electrons. The van der Waals surface area contributed by atoms with E-state index in [1.165, 1.54) is 11.8 Å². The van der Waals surface area contributed by atoms with E-state index in [9.17, 15) is 9.59 Å². The minimum Gasteiger partial charge on any atom is -0.450 e. The molecule has 3 heterocycles. The van der Waals surface area contributed by atoms with Crippen LogP contribution in [-0.2, 0) is 9.59 Å². The number of nitrogens with one attached hydrogen (secondary N) is 1.